The SMILES string of the molecule is O=CC1=C(O)C2(CCCCC2)n2cccc2C1=O. The molecule has 3 rings (SSSR count). The quantitative estimate of drug-likeness (QED) is 0.610. The predicted octanol–water partition coefficient (Wildman–Crippen LogP) is 2.35. The van der Waals surface area contributed by atoms with E-state index < -0.39 is 5.54 Å². The second-order valence-corrected chi connectivity index (χ2v) is 5.06. The number of aliphatic hydroxyl groups excluding tert-OH is 1. The molecule has 94 valence electrons. The molecule has 0 bridgehead atoms. The summed E-state index contributed by atoms with van der Waals surface area (Å²) < 4.78 is 1.86. The Labute approximate surface area is 105 Å². The maximum Gasteiger partial charge on any atom is 0.216 e. The number of carbonyl (C=O) groups is 2. The maximum absolute atomic E-state index is 12.1. The number of ketones is 1. The van der Waals surface area contributed by atoms with Crippen LogP contribution in [0.15, 0.2) is 29.7 Å². The highest BCUT2D eigenvalue weighted by Gasteiger charge is 2.45. The van der Waals surface area contributed by atoms with Crippen molar-refractivity contribution in [1.29, 1.82) is 0 Å². The number of hydrogen-bond acceptors (Lipinski definition) is 3. The number of rotatable bonds is 1. The van der Waals surface area contributed by atoms with Crippen LogP contribution in [-0.4, -0.2) is 21.7 Å². The summed E-state index contributed by atoms with van der Waals surface area (Å²) in [6.45, 7) is 0. The van der Waals surface area contributed by atoms with E-state index in [0.29, 0.717) is 12.0 Å². The van der Waals surface area contributed by atoms with Crippen LogP contribution in [0.25, 0.3) is 0 Å². The zero-order chi connectivity index (χ0) is 12.8. The van der Waals surface area contributed by atoms with Gasteiger partial charge in [0, 0.05) is 6.20 Å². The molecule has 2 aliphatic rings. The number of allylic oxidation sites excluding steroid dienone is 2. The molecular formula is C14H15NO3. The van der Waals surface area contributed by atoms with Gasteiger partial charge in [-0.1, -0.05) is 19.3 Å². The molecular weight excluding hydrogens is 230 g/mol. The van der Waals surface area contributed by atoms with Gasteiger partial charge >= 0.3 is 0 Å². The molecule has 0 aromatic carbocycles. The van der Waals surface area contributed by atoms with Crippen LogP contribution in [0.4, 0.5) is 0 Å². The first-order chi connectivity index (χ1) is 8.70. The minimum absolute atomic E-state index is 0.0362. The number of carbonyl (C=O) groups excluding carboxylic acids is 2. The van der Waals surface area contributed by atoms with E-state index >= 15 is 0 Å². The fourth-order valence-corrected chi connectivity index (χ4v) is 3.27. The van der Waals surface area contributed by atoms with E-state index in [4.69, 9.17) is 0 Å². The van der Waals surface area contributed by atoms with Crippen molar-refractivity contribution >= 4 is 12.1 Å². The Morgan fingerprint density at radius 2 is 2.00 bits per heavy atom. The third-order valence-corrected chi connectivity index (χ3v) is 4.18. The van der Waals surface area contributed by atoms with E-state index in [1.807, 2.05) is 10.8 Å². The average Bonchev–Trinajstić information content (AvgIpc) is 2.89. The third-order valence-electron chi connectivity index (χ3n) is 4.18. The van der Waals surface area contributed by atoms with Gasteiger partial charge in [-0.3, -0.25) is 9.59 Å². The highest BCUT2D eigenvalue weighted by Crippen LogP contribution is 2.44. The molecule has 4 nitrogen and oxygen atoms in total. The first-order valence-electron chi connectivity index (χ1n) is 6.32. The van der Waals surface area contributed by atoms with Crippen LogP contribution < -0.4 is 0 Å². The number of aromatic nitrogens is 1. The van der Waals surface area contributed by atoms with Gasteiger partial charge in [0.15, 0.2) is 6.29 Å². The second kappa shape index (κ2) is 3.83. The molecule has 0 saturated heterocycles. The Hall–Kier alpha value is -1.84. The van der Waals surface area contributed by atoms with E-state index in [2.05, 4.69) is 0 Å². The summed E-state index contributed by atoms with van der Waals surface area (Å²) >= 11 is 0. The molecule has 1 saturated carbocycles. The summed E-state index contributed by atoms with van der Waals surface area (Å²) in [5, 5.41) is 10.4. The fraction of sp³-hybridized carbons (Fsp3) is 0.429. The van der Waals surface area contributed by atoms with Crippen LogP contribution in [0.1, 0.15) is 42.6 Å². The second-order valence-electron chi connectivity index (χ2n) is 5.06. The van der Waals surface area contributed by atoms with E-state index in [9.17, 15) is 14.7 Å². The summed E-state index contributed by atoms with van der Waals surface area (Å²) in [7, 11) is 0. The molecule has 1 aliphatic heterocycles. The molecule has 0 atom stereocenters. The molecule has 2 heterocycles. The van der Waals surface area contributed by atoms with Gasteiger partial charge in [0.1, 0.15) is 16.9 Å². The van der Waals surface area contributed by atoms with Crippen molar-refractivity contribution in [3.8, 4) is 0 Å². The van der Waals surface area contributed by atoms with Crippen LogP contribution >= 0.6 is 0 Å². The molecule has 1 aliphatic carbocycles. The lowest BCUT2D eigenvalue weighted by Gasteiger charge is -2.42. The Bertz CT molecular complexity index is 547. The molecule has 1 N–H and O–H groups in total. The van der Waals surface area contributed by atoms with Gasteiger partial charge in [0.05, 0.1) is 5.69 Å². The molecule has 0 amide bonds. The van der Waals surface area contributed by atoms with Gasteiger partial charge in [0.25, 0.3) is 0 Å². The number of aldehydes is 1. The van der Waals surface area contributed by atoms with Gasteiger partial charge in [-0.25, -0.2) is 0 Å². The van der Waals surface area contributed by atoms with Crippen LogP contribution in [0, 0.1) is 0 Å². The monoisotopic (exact) mass is 245 g/mol. The van der Waals surface area contributed by atoms with Gasteiger partial charge < -0.3 is 9.67 Å². The zero-order valence-corrected chi connectivity index (χ0v) is 10.1. The zero-order valence-electron chi connectivity index (χ0n) is 10.1. The maximum atomic E-state index is 12.1. The summed E-state index contributed by atoms with van der Waals surface area (Å²) in [4.78, 5) is 23.2. The lowest BCUT2D eigenvalue weighted by Crippen LogP contribution is -2.43. The summed E-state index contributed by atoms with van der Waals surface area (Å²) in [6, 6.07) is 3.51. The van der Waals surface area contributed by atoms with Gasteiger partial charge in [-0.2, -0.15) is 0 Å². The predicted molar refractivity (Wildman–Crippen MR) is 65.5 cm³/mol. The highest BCUT2D eigenvalue weighted by atomic mass is 16.3. The smallest absolute Gasteiger partial charge is 0.216 e. The highest BCUT2D eigenvalue weighted by molar-refractivity contribution is 6.20. The van der Waals surface area contributed by atoms with Crippen molar-refractivity contribution < 1.29 is 14.7 Å². The Morgan fingerprint density at radius 3 is 2.67 bits per heavy atom. The Morgan fingerprint density at radius 1 is 1.28 bits per heavy atom. The first kappa shape index (κ1) is 11.3. The Kier molecular flexibility index (Phi) is 2.40. The van der Waals surface area contributed by atoms with E-state index in [1.165, 1.54) is 0 Å². The van der Waals surface area contributed by atoms with Crippen LogP contribution in [0.2, 0.25) is 0 Å². The summed E-state index contributed by atoms with van der Waals surface area (Å²) in [6.07, 6.45) is 7.02. The van der Waals surface area contributed by atoms with E-state index in [-0.39, 0.29) is 17.1 Å². The Balaban J connectivity index is 2.25. The topological polar surface area (TPSA) is 59.3 Å². The van der Waals surface area contributed by atoms with Gasteiger partial charge in [-0.15, -0.1) is 0 Å². The molecule has 1 aromatic heterocycles. The van der Waals surface area contributed by atoms with Crippen molar-refractivity contribution in [3.63, 3.8) is 0 Å². The van der Waals surface area contributed by atoms with E-state index in [1.54, 1.807) is 12.1 Å². The van der Waals surface area contributed by atoms with Crippen molar-refractivity contribution in [3.05, 3.63) is 35.4 Å². The lowest BCUT2D eigenvalue weighted by atomic mass is 9.76. The number of nitrogens with zero attached hydrogens (tertiary/aromatic N) is 1. The van der Waals surface area contributed by atoms with E-state index in [0.717, 1.165) is 32.1 Å². The number of hydrogen-bond donors (Lipinski definition) is 1. The number of aliphatic hydroxyl groups is 1. The van der Waals surface area contributed by atoms with Crippen molar-refractivity contribution in [2.45, 2.75) is 37.6 Å². The first-order valence-corrected chi connectivity index (χ1v) is 6.32. The van der Waals surface area contributed by atoms with Crippen molar-refractivity contribution in [1.82, 2.24) is 4.57 Å². The fourth-order valence-electron chi connectivity index (χ4n) is 3.27. The standard InChI is InChI=1S/C14H15NO3/c16-9-10-12(17)11-5-4-8-15(11)14(13(10)18)6-2-1-3-7-14/h4-5,8-9,18H,1-3,6-7H2. The minimum atomic E-state index is -0.568. The molecule has 1 fully saturated rings. The van der Waals surface area contributed by atoms with Crippen molar-refractivity contribution in [2.75, 3.05) is 0 Å². The summed E-state index contributed by atoms with van der Waals surface area (Å²) in [5.74, 6) is -0.408. The molecule has 4 heteroatoms. The molecule has 0 unspecified atom stereocenters. The molecule has 1 aromatic rings. The molecule has 18 heavy (non-hydrogen) atoms. The van der Waals surface area contributed by atoms with Crippen LogP contribution in [0.3, 0.4) is 0 Å². The minimum Gasteiger partial charge on any atom is -0.509 e. The van der Waals surface area contributed by atoms with Crippen LogP contribution in [0.5, 0.6) is 0 Å². The van der Waals surface area contributed by atoms with Crippen LogP contribution in [-0.2, 0) is 10.3 Å². The number of Topliss-reactive ketones (excluding diaryl/α,β-unsaturated/α-hetero) is 1. The molecule has 1 spiro atoms. The third kappa shape index (κ3) is 1.26. The molecule has 0 radical (unpaired) electrons. The normalized spacial score (nSPS) is 22.1. The summed E-state index contributed by atoms with van der Waals surface area (Å²) in [5.41, 5.74) is -0.124. The number of fused-ring (bicyclic) bond motifs is 2. The van der Waals surface area contributed by atoms with Gasteiger partial charge in [-0.05, 0) is 25.0 Å². The lowest BCUT2D eigenvalue weighted by molar-refractivity contribution is -0.105. The largest absolute Gasteiger partial charge is 0.509 e. The van der Waals surface area contributed by atoms with Crippen molar-refractivity contribution in [2.24, 2.45) is 0 Å². The average molecular weight is 245 g/mol. The van der Waals surface area contributed by atoms with Gasteiger partial charge in [0.2, 0.25) is 5.78 Å².